The SMILES string of the molecule is Cc1sc(C(Br)c2cc(F)cc(F)c2)cc1Br. The molecule has 0 saturated carbocycles. The first-order chi connectivity index (χ1) is 7.97. The first-order valence-electron chi connectivity index (χ1n) is 4.83. The molecule has 1 unspecified atom stereocenters. The van der Waals surface area contributed by atoms with Crippen molar-refractivity contribution < 1.29 is 8.78 Å². The van der Waals surface area contributed by atoms with Crippen LogP contribution in [0.4, 0.5) is 8.78 Å². The number of benzene rings is 1. The molecular weight excluding hydrogens is 374 g/mol. The van der Waals surface area contributed by atoms with Crippen LogP contribution in [0.25, 0.3) is 0 Å². The Morgan fingerprint density at radius 2 is 1.71 bits per heavy atom. The van der Waals surface area contributed by atoms with Gasteiger partial charge < -0.3 is 0 Å². The predicted octanol–water partition coefficient (Wildman–Crippen LogP) is 5.58. The van der Waals surface area contributed by atoms with Crippen LogP contribution in [-0.4, -0.2) is 0 Å². The van der Waals surface area contributed by atoms with Crippen molar-refractivity contribution in [2.75, 3.05) is 0 Å². The Bertz CT molecular complexity index is 512. The summed E-state index contributed by atoms with van der Waals surface area (Å²) in [5.41, 5.74) is 0.580. The second-order valence-electron chi connectivity index (χ2n) is 3.62. The summed E-state index contributed by atoms with van der Waals surface area (Å²) in [6.07, 6.45) is 0. The zero-order valence-corrected chi connectivity index (χ0v) is 12.8. The van der Waals surface area contributed by atoms with E-state index in [1.807, 2.05) is 13.0 Å². The first kappa shape index (κ1) is 13.2. The van der Waals surface area contributed by atoms with Crippen LogP contribution in [0, 0.1) is 18.6 Å². The van der Waals surface area contributed by atoms with Crippen LogP contribution in [0.15, 0.2) is 28.7 Å². The molecule has 5 heteroatoms. The smallest absolute Gasteiger partial charge is 0.126 e. The zero-order valence-electron chi connectivity index (χ0n) is 8.81. The summed E-state index contributed by atoms with van der Waals surface area (Å²) in [6.45, 7) is 1.99. The number of rotatable bonds is 2. The van der Waals surface area contributed by atoms with E-state index >= 15 is 0 Å². The molecule has 2 rings (SSSR count). The molecule has 1 aromatic heterocycles. The summed E-state index contributed by atoms with van der Waals surface area (Å²) in [5.74, 6) is -1.12. The van der Waals surface area contributed by atoms with Crippen molar-refractivity contribution in [3.63, 3.8) is 0 Å². The molecular formula is C12H8Br2F2S. The summed E-state index contributed by atoms with van der Waals surface area (Å²) >= 11 is 8.48. The van der Waals surface area contributed by atoms with E-state index in [4.69, 9.17) is 0 Å². The lowest BCUT2D eigenvalue weighted by Gasteiger charge is -2.08. The average Bonchev–Trinajstić information content (AvgIpc) is 2.57. The second kappa shape index (κ2) is 5.16. The molecule has 90 valence electrons. The van der Waals surface area contributed by atoms with Gasteiger partial charge in [-0.1, -0.05) is 15.9 Å². The van der Waals surface area contributed by atoms with Crippen LogP contribution in [0.2, 0.25) is 0 Å². The Kier molecular flexibility index (Phi) is 4.00. The number of halogens is 4. The Hall–Kier alpha value is -0.260. The van der Waals surface area contributed by atoms with E-state index in [1.165, 1.54) is 12.1 Å². The van der Waals surface area contributed by atoms with Crippen LogP contribution in [0.1, 0.15) is 20.1 Å². The van der Waals surface area contributed by atoms with Crippen LogP contribution in [0.3, 0.4) is 0 Å². The number of alkyl halides is 1. The topological polar surface area (TPSA) is 0 Å². The molecule has 0 fully saturated rings. The molecule has 0 spiro atoms. The van der Waals surface area contributed by atoms with E-state index in [0.717, 1.165) is 20.3 Å². The van der Waals surface area contributed by atoms with Gasteiger partial charge in [0.05, 0.1) is 4.83 Å². The standard InChI is InChI=1S/C12H8Br2F2S/c1-6-10(13)5-11(17-6)12(14)7-2-8(15)4-9(16)3-7/h2-5,12H,1H3. The highest BCUT2D eigenvalue weighted by atomic mass is 79.9. The summed E-state index contributed by atoms with van der Waals surface area (Å²) in [7, 11) is 0. The molecule has 0 aliphatic carbocycles. The maximum atomic E-state index is 13.1. The van der Waals surface area contributed by atoms with Gasteiger partial charge in [0.25, 0.3) is 0 Å². The van der Waals surface area contributed by atoms with Crippen molar-refractivity contribution in [2.45, 2.75) is 11.8 Å². The number of thiophene rings is 1. The predicted molar refractivity (Wildman–Crippen MR) is 73.9 cm³/mol. The van der Waals surface area contributed by atoms with E-state index in [1.54, 1.807) is 11.3 Å². The molecule has 0 N–H and O–H groups in total. The second-order valence-corrected chi connectivity index (χ2v) is 6.68. The van der Waals surface area contributed by atoms with Gasteiger partial charge in [-0.2, -0.15) is 0 Å². The Morgan fingerprint density at radius 3 is 2.18 bits per heavy atom. The minimum Gasteiger partial charge on any atom is -0.207 e. The Morgan fingerprint density at radius 1 is 1.12 bits per heavy atom. The van der Waals surface area contributed by atoms with Crippen molar-refractivity contribution in [2.24, 2.45) is 0 Å². The molecule has 0 radical (unpaired) electrons. The zero-order chi connectivity index (χ0) is 12.6. The summed E-state index contributed by atoms with van der Waals surface area (Å²) < 4.78 is 27.3. The lowest BCUT2D eigenvalue weighted by atomic mass is 10.1. The molecule has 0 nitrogen and oxygen atoms in total. The molecule has 0 aliphatic heterocycles. The van der Waals surface area contributed by atoms with Gasteiger partial charge in [0.2, 0.25) is 0 Å². The van der Waals surface area contributed by atoms with E-state index in [-0.39, 0.29) is 4.83 Å². The molecule has 17 heavy (non-hydrogen) atoms. The third-order valence-corrected chi connectivity index (χ3v) is 5.83. The van der Waals surface area contributed by atoms with Crippen molar-refractivity contribution >= 4 is 43.2 Å². The van der Waals surface area contributed by atoms with E-state index in [2.05, 4.69) is 31.9 Å². The van der Waals surface area contributed by atoms with Crippen molar-refractivity contribution in [3.8, 4) is 0 Å². The molecule has 1 atom stereocenters. The fraction of sp³-hybridized carbons (Fsp3) is 0.167. The molecule has 0 amide bonds. The van der Waals surface area contributed by atoms with E-state index in [0.29, 0.717) is 5.56 Å². The summed E-state index contributed by atoms with van der Waals surface area (Å²) in [6, 6.07) is 5.51. The minimum absolute atomic E-state index is 0.192. The quantitative estimate of drug-likeness (QED) is 0.595. The third kappa shape index (κ3) is 2.95. The average molecular weight is 382 g/mol. The Labute approximate surface area is 119 Å². The normalized spacial score (nSPS) is 12.8. The van der Waals surface area contributed by atoms with Crippen molar-refractivity contribution in [1.82, 2.24) is 0 Å². The molecule has 0 aliphatic rings. The minimum atomic E-state index is -0.559. The summed E-state index contributed by atoms with van der Waals surface area (Å²) in [5, 5.41) is 0. The third-order valence-electron chi connectivity index (χ3n) is 2.30. The number of hydrogen-bond acceptors (Lipinski definition) is 1. The monoisotopic (exact) mass is 380 g/mol. The van der Waals surface area contributed by atoms with Gasteiger partial charge >= 0.3 is 0 Å². The summed E-state index contributed by atoms with van der Waals surface area (Å²) in [4.78, 5) is 1.96. The highest BCUT2D eigenvalue weighted by Gasteiger charge is 2.16. The fourth-order valence-corrected chi connectivity index (χ4v) is 3.74. The fourth-order valence-electron chi connectivity index (χ4n) is 1.49. The van der Waals surface area contributed by atoms with Gasteiger partial charge in [-0.25, -0.2) is 8.78 Å². The number of aryl methyl sites for hydroxylation is 1. The van der Waals surface area contributed by atoms with Gasteiger partial charge in [-0.3, -0.25) is 0 Å². The number of hydrogen-bond donors (Lipinski definition) is 0. The van der Waals surface area contributed by atoms with Gasteiger partial charge in [0.15, 0.2) is 0 Å². The maximum absolute atomic E-state index is 13.1. The van der Waals surface area contributed by atoms with Gasteiger partial charge in [0.1, 0.15) is 11.6 Å². The van der Waals surface area contributed by atoms with Crippen LogP contribution < -0.4 is 0 Å². The van der Waals surface area contributed by atoms with Crippen LogP contribution in [0.5, 0.6) is 0 Å². The van der Waals surface area contributed by atoms with E-state index in [9.17, 15) is 8.78 Å². The largest absolute Gasteiger partial charge is 0.207 e. The van der Waals surface area contributed by atoms with Crippen molar-refractivity contribution in [3.05, 3.63) is 55.7 Å². The molecule has 0 bridgehead atoms. The van der Waals surface area contributed by atoms with Gasteiger partial charge in [0, 0.05) is 20.3 Å². The van der Waals surface area contributed by atoms with Gasteiger partial charge in [-0.15, -0.1) is 11.3 Å². The molecule has 0 saturated heterocycles. The lowest BCUT2D eigenvalue weighted by molar-refractivity contribution is 0.580. The first-order valence-corrected chi connectivity index (χ1v) is 7.36. The highest BCUT2D eigenvalue weighted by molar-refractivity contribution is 9.10. The van der Waals surface area contributed by atoms with Gasteiger partial charge in [-0.05, 0) is 46.6 Å². The van der Waals surface area contributed by atoms with E-state index < -0.39 is 11.6 Å². The van der Waals surface area contributed by atoms with Crippen LogP contribution in [-0.2, 0) is 0 Å². The van der Waals surface area contributed by atoms with Crippen molar-refractivity contribution in [1.29, 1.82) is 0 Å². The molecule has 1 aromatic carbocycles. The highest BCUT2D eigenvalue weighted by Crippen LogP contribution is 2.38. The molecule has 1 heterocycles. The molecule has 2 aromatic rings. The maximum Gasteiger partial charge on any atom is 0.126 e. The lowest BCUT2D eigenvalue weighted by Crippen LogP contribution is -1.92. The Balaban J connectivity index is 2.39. The van der Waals surface area contributed by atoms with Crippen LogP contribution >= 0.6 is 43.2 Å².